The van der Waals surface area contributed by atoms with Crippen LogP contribution in [0.3, 0.4) is 0 Å². The highest BCUT2D eigenvalue weighted by Gasteiger charge is 2.09. The van der Waals surface area contributed by atoms with Crippen LogP contribution in [0.15, 0.2) is 18.2 Å². The predicted octanol–water partition coefficient (Wildman–Crippen LogP) is 3.25. The molecule has 0 fully saturated rings. The Bertz CT molecular complexity index is 325. The van der Waals surface area contributed by atoms with Gasteiger partial charge in [-0.1, -0.05) is 26.3 Å². The van der Waals surface area contributed by atoms with E-state index in [0.717, 1.165) is 25.0 Å². The van der Waals surface area contributed by atoms with Crippen molar-refractivity contribution in [3.8, 4) is 6.07 Å². The zero-order chi connectivity index (χ0) is 10.4. The van der Waals surface area contributed by atoms with Gasteiger partial charge in [0.2, 0.25) is 0 Å². The van der Waals surface area contributed by atoms with Gasteiger partial charge >= 0.3 is 0 Å². The van der Waals surface area contributed by atoms with E-state index in [2.05, 4.69) is 24.9 Å². The number of nitrogens with zero attached hydrogens (tertiary/aromatic N) is 2. The molecule has 0 aromatic carbocycles. The van der Waals surface area contributed by atoms with Gasteiger partial charge in [-0.25, -0.2) is 4.98 Å². The summed E-state index contributed by atoms with van der Waals surface area (Å²) in [4.78, 5) is 4.32. The van der Waals surface area contributed by atoms with Crippen LogP contribution in [-0.2, 0) is 0 Å². The molecule has 0 amide bonds. The van der Waals surface area contributed by atoms with Gasteiger partial charge in [-0.3, -0.25) is 0 Å². The summed E-state index contributed by atoms with van der Waals surface area (Å²) in [7, 11) is 0. The minimum absolute atomic E-state index is 0.508. The molecule has 74 valence electrons. The highest BCUT2D eigenvalue weighted by Crippen LogP contribution is 2.22. The van der Waals surface area contributed by atoms with Gasteiger partial charge in [0.1, 0.15) is 11.8 Å². The topological polar surface area (TPSA) is 36.7 Å². The Labute approximate surface area is 85.6 Å². The SMILES string of the molecule is CCCC(CC)c1cccc(C#N)n1. The second-order valence-electron chi connectivity index (χ2n) is 3.45. The van der Waals surface area contributed by atoms with Gasteiger partial charge in [0.05, 0.1) is 0 Å². The molecule has 1 heterocycles. The Kier molecular flexibility index (Phi) is 4.12. The fourth-order valence-corrected chi connectivity index (χ4v) is 1.65. The molecular formula is C12H16N2. The van der Waals surface area contributed by atoms with Crippen LogP contribution in [0, 0.1) is 11.3 Å². The summed E-state index contributed by atoms with van der Waals surface area (Å²) in [6, 6.07) is 7.76. The number of aromatic nitrogens is 1. The van der Waals surface area contributed by atoms with Crippen LogP contribution < -0.4 is 0 Å². The molecule has 0 saturated carbocycles. The van der Waals surface area contributed by atoms with Crippen molar-refractivity contribution in [3.05, 3.63) is 29.6 Å². The maximum Gasteiger partial charge on any atom is 0.140 e. The van der Waals surface area contributed by atoms with Crippen molar-refractivity contribution in [1.29, 1.82) is 5.26 Å². The van der Waals surface area contributed by atoms with E-state index in [4.69, 9.17) is 5.26 Å². The molecule has 14 heavy (non-hydrogen) atoms. The zero-order valence-corrected chi connectivity index (χ0v) is 8.83. The molecule has 0 N–H and O–H groups in total. The molecule has 1 aromatic heterocycles. The van der Waals surface area contributed by atoms with Gasteiger partial charge in [0.25, 0.3) is 0 Å². The summed E-state index contributed by atoms with van der Waals surface area (Å²) in [6.45, 7) is 4.35. The van der Waals surface area contributed by atoms with E-state index >= 15 is 0 Å². The summed E-state index contributed by atoms with van der Waals surface area (Å²) in [5.74, 6) is 0.508. The quantitative estimate of drug-likeness (QED) is 0.727. The van der Waals surface area contributed by atoms with E-state index in [1.807, 2.05) is 12.1 Å². The monoisotopic (exact) mass is 188 g/mol. The standard InChI is InChI=1S/C12H16N2/c1-3-6-10(4-2)12-8-5-7-11(9-13)14-12/h5,7-8,10H,3-4,6H2,1-2H3. The Balaban J connectivity index is 2.87. The summed E-state index contributed by atoms with van der Waals surface area (Å²) in [5, 5.41) is 8.73. The van der Waals surface area contributed by atoms with Gasteiger partial charge in [-0.05, 0) is 25.0 Å². The van der Waals surface area contributed by atoms with E-state index in [0.29, 0.717) is 11.6 Å². The number of rotatable bonds is 4. The third-order valence-corrected chi connectivity index (χ3v) is 2.43. The van der Waals surface area contributed by atoms with Crippen LogP contribution in [0.1, 0.15) is 50.4 Å². The molecule has 0 bridgehead atoms. The van der Waals surface area contributed by atoms with E-state index < -0.39 is 0 Å². The van der Waals surface area contributed by atoms with Crippen molar-refractivity contribution in [2.24, 2.45) is 0 Å². The first-order valence-electron chi connectivity index (χ1n) is 5.18. The molecule has 1 unspecified atom stereocenters. The van der Waals surface area contributed by atoms with Crippen molar-refractivity contribution in [3.63, 3.8) is 0 Å². The van der Waals surface area contributed by atoms with Gasteiger partial charge in [0, 0.05) is 11.6 Å². The largest absolute Gasteiger partial charge is 0.242 e. The minimum Gasteiger partial charge on any atom is -0.242 e. The summed E-state index contributed by atoms with van der Waals surface area (Å²) in [6.07, 6.45) is 3.41. The van der Waals surface area contributed by atoms with Crippen molar-refractivity contribution in [2.75, 3.05) is 0 Å². The summed E-state index contributed by atoms with van der Waals surface area (Å²) < 4.78 is 0. The van der Waals surface area contributed by atoms with Crippen LogP contribution in [0.4, 0.5) is 0 Å². The Hall–Kier alpha value is -1.36. The Morgan fingerprint density at radius 1 is 1.43 bits per heavy atom. The Morgan fingerprint density at radius 2 is 2.21 bits per heavy atom. The lowest BCUT2D eigenvalue weighted by Gasteiger charge is -2.12. The van der Waals surface area contributed by atoms with Crippen LogP contribution in [-0.4, -0.2) is 4.98 Å². The van der Waals surface area contributed by atoms with E-state index in [9.17, 15) is 0 Å². The van der Waals surface area contributed by atoms with Crippen molar-refractivity contribution in [2.45, 2.75) is 39.0 Å². The number of hydrogen-bond acceptors (Lipinski definition) is 2. The maximum absolute atomic E-state index is 8.73. The zero-order valence-electron chi connectivity index (χ0n) is 8.83. The third-order valence-electron chi connectivity index (χ3n) is 2.43. The van der Waals surface area contributed by atoms with Gasteiger partial charge in [-0.15, -0.1) is 0 Å². The van der Waals surface area contributed by atoms with Crippen molar-refractivity contribution < 1.29 is 0 Å². The van der Waals surface area contributed by atoms with Crippen LogP contribution >= 0.6 is 0 Å². The predicted molar refractivity (Wildman–Crippen MR) is 56.9 cm³/mol. The first kappa shape index (κ1) is 10.7. The molecule has 0 aliphatic rings. The molecule has 1 rings (SSSR count). The lowest BCUT2D eigenvalue weighted by Crippen LogP contribution is -2.00. The van der Waals surface area contributed by atoms with Gasteiger partial charge in [-0.2, -0.15) is 5.26 Å². The van der Waals surface area contributed by atoms with Crippen LogP contribution in [0.5, 0.6) is 0 Å². The van der Waals surface area contributed by atoms with E-state index in [-0.39, 0.29) is 0 Å². The van der Waals surface area contributed by atoms with Crippen LogP contribution in [0.25, 0.3) is 0 Å². The number of hydrogen-bond donors (Lipinski definition) is 0. The van der Waals surface area contributed by atoms with E-state index in [1.54, 1.807) is 6.07 Å². The summed E-state index contributed by atoms with van der Waals surface area (Å²) in [5.41, 5.74) is 1.59. The second-order valence-corrected chi connectivity index (χ2v) is 3.45. The normalized spacial score (nSPS) is 12.1. The first-order chi connectivity index (χ1) is 6.81. The maximum atomic E-state index is 8.73. The highest BCUT2D eigenvalue weighted by atomic mass is 14.7. The molecule has 0 aliphatic heterocycles. The molecule has 0 aliphatic carbocycles. The third kappa shape index (κ3) is 2.56. The average molecular weight is 188 g/mol. The average Bonchev–Trinajstić information content (AvgIpc) is 2.26. The molecule has 2 heteroatoms. The van der Waals surface area contributed by atoms with Gasteiger partial charge < -0.3 is 0 Å². The lowest BCUT2D eigenvalue weighted by molar-refractivity contribution is 0.581. The second kappa shape index (κ2) is 5.39. The lowest BCUT2D eigenvalue weighted by atomic mass is 9.96. The molecule has 0 spiro atoms. The minimum atomic E-state index is 0.508. The molecular weight excluding hydrogens is 172 g/mol. The highest BCUT2D eigenvalue weighted by molar-refractivity contribution is 5.23. The fourth-order valence-electron chi connectivity index (χ4n) is 1.65. The molecule has 0 saturated heterocycles. The smallest absolute Gasteiger partial charge is 0.140 e. The first-order valence-corrected chi connectivity index (χ1v) is 5.18. The van der Waals surface area contributed by atoms with Crippen molar-refractivity contribution in [1.82, 2.24) is 4.98 Å². The molecule has 0 radical (unpaired) electrons. The molecule has 2 nitrogen and oxygen atoms in total. The summed E-state index contributed by atoms with van der Waals surface area (Å²) >= 11 is 0. The molecule has 1 atom stereocenters. The number of nitriles is 1. The number of pyridine rings is 1. The van der Waals surface area contributed by atoms with Crippen molar-refractivity contribution >= 4 is 0 Å². The van der Waals surface area contributed by atoms with Crippen LogP contribution in [0.2, 0.25) is 0 Å². The fraction of sp³-hybridized carbons (Fsp3) is 0.500. The van der Waals surface area contributed by atoms with E-state index in [1.165, 1.54) is 0 Å². The molecule has 1 aromatic rings. The van der Waals surface area contributed by atoms with Gasteiger partial charge in [0.15, 0.2) is 0 Å². The Morgan fingerprint density at radius 3 is 2.79 bits per heavy atom.